The Morgan fingerprint density at radius 2 is 2.16 bits per heavy atom. The summed E-state index contributed by atoms with van der Waals surface area (Å²) in [7, 11) is 1.63. The van der Waals surface area contributed by atoms with Crippen molar-refractivity contribution in [1.29, 1.82) is 0 Å². The van der Waals surface area contributed by atoms with Crippen LogP contribution >= 0.6 is 0 Å². The number of amides is 1. The predicted octanol–water partition coefficient (Wildman–Crippen LogP) is 2.48. The lowest BCUT2D eigenvalue weighted by molar-refractivity contribution is -0.115. The van der Waals surface area contributed by atoms with Crippen LogP contribution in [0.2, 0.25) is 0 Å². The second-order valence-corrected chi connectivity index (χ2v) is 4.36. The predicted molar refractivity (Wildman–Crippen MR) is 71.3 cm³/mol. The summed E-state index contributed by atoms with van der Waals surface area (Å²) in [6, 6.07) is 7.34. The summed E-state index contributed by atoms with van der Waals surface area (Å²) in [5.41, 5.74) is 2.66. The quantitative estimate of drug-likeness (QED) is 0.917. The van der Waals surface area contributed by atoms with Crippen LogP contribution in [0.5, 0.6) is 5.75 Å². The molecule has 0 aliphatic rings. The number of benzene rings is 1. The summed E-state index contributed by atoms with van der Waals surface area (Å²) in [5.74, 6) is 1.04. The largest absolute Gasteiger partial charge is 0.496 e. The van der Waals surface area contributed by atoms with Crippen molar-refractivity contribution in [2.45, 2.75) is 20.3 Å². The lowest BCUT2D eigenvalue weighted by Crippen LogP contribution is -2.14. The van der Waals surface area contributed by atoms with Gasteiger partial charge in [0.15, 0.2) is 0 Å². The zero-order valence-corrected chi connectivity index (χ0v) is 11.2. The van der Waals surface area contributed by atoms with E-state index >= 15 is 0 Å². The Labute approximate surface area is 111 Å². The van der Waals surface area contributed by atoms with Gasteiger partial charge in [0, 0.05) is 6.07 Å². The van der Waals surface area contributed by atoms with E-state index in [1.807, 2.05) is 25.1 Å². The molecule has 0 unspecified atom stereocenters. The molecule has 2 rings (SSSR count). The summed E-state index contributed by atoms with van der Waals surface area (Å²) in [6.07, 6.45) is 0.282. The number of hydrogen-bond acceptors (Lipinski definition) is 4. The molecule has 0 aliphatic carbocycles. The SMILES string of the molecule is COc1ccc(CC(=O)Nc2cc(C)no2)cc1C. The number of rotatable bonds is 4. The summed E-state index contributed by atoms with van der Waals surface area (Å²) in [4.78, 5) is 11.8. The van der Waals surface area contributed by atoms with Gasteiger partial charge >= 0.3 is 0 Å². The summed E-state index contributed by atoms with van der Waals surface area (Å²) in [6.45, 7) is 3.74. The van der Waals surface area contributed by atoms with Crippen LogP contribution in [0.4, 0.5) is 5.88 Å². The molecule has 0 bridgehead atoms. The topological polar surface area (TPSA) is 64.4 Å². The van der Waals surface area contributed by atoms with Crippen molar-refractivity contribution in [1.82, 2.24) is 5.16 Å². The molecule has 100 valence electrons. The smallest absolute Gasteiger partial charge is 0.231 e. The van der Waals surface area contributed by atoms with E-state index in [1.54, 1.807) is 20.1 Å². The zero-order chi connectivity index (χ0) is 13.8. The highest BCUT2D eigenvalue weighted by Crippen LogP contribution is 2.19. The fourth-order valence-corrected chi connectivity index (χ4v) is 1.84. The van der Waals surface area contributed by atoms with Gasteiger partial charge in [-0.3, -0.25) is 10.1 Å². The number of ether oxygens (including phenoxy) is 1. The number of carbonyl (C=O) groups is 1. The lowest BCUT2D eigenvalue weighted by Gasteiger charge is -2.07. The Hall–Kier alpha value is -2.30. The first-order valence-electron chi connectivity index (χ1n) is 5.95. The second-order valence-electron chi connectivity index (χ2n) is 4.36. The molecule has 0 fully saturated rings. The van der Waals surface area contributed by atoms with Crippen LogP contribution < -0.4 is 10.1 Å². The molecular formula is C14H16N2O3. The zero-order valence-electron chi connectivity index (χ0n) is 11.2. The van der Waals surface area contributed by atoms with Crippen molar-refractivity contribution in [2.75, 3.05) is 12.4 Å². The van der Waals surface area contributed by atoms with Gasteiger partial charge in [-0.1, -0.05) is 17.3 Å². The van der Waals surface area contributed by atoms with Gasteiger partial charge in [-0.05, 0) is 31.0 Å². The minimum absolute atomic E-state index is 0.138. The Balaban J connectivity index is 2.00. The first-order valence-corrected chi connectivity index (χ1v) is 5.95. The average molecular weight is 260 g/mol. The molecule has 1 N–H and O–H groups in total. The molecule has 19 heavy (non-hydrogen) atoms. The van der Waals surface area contributed by atoms with E-state index in [0.29, 0.717) is 5.88 Å². The van der Waals surface area contributed by atoms with Gasteiger partial charge in [0.25, 0.3) is 0 Å². The number of methoxy groups -OCH3 is 1. The van der Waals surface area contributed by atoms with E-state index in [4.69, 9.17) is 9.26 Å². The number of aryl methyl sites for hydroxylation is 2. The van der Waals surface area contributed by atoms with Crippen LogP contribution in [0, 0.1) is 13.8 Å². The van der Waals surface area contributed by atoms with Crippen LogP contribution in [-0.2, 0) is 11.2 Å². The van der Waals surface area contributed by atoms with Gasteiger partial charge in [0.1, 0.15) is 5.75 Å². The normalized spacial score (nSPS) is 10.3. The first-order chi connectivity index (χ1) is 9.08. The number of nitrogens with one attached hydrogen (secondary N) is 1. The van der Waals surface area contributed by atoms with Crippen molar-refractivity contribution in [3.05, 3.63) is 41.1 Å². The molecule has 0 radical (unpaired) electrons. The molecular weight excluding hydrogens is 244 g/mol. The molecule has 0 atom stereocenters. The van der Waals surface area contributed by atoms with Gasteiger partial charge in [-0.2, -0.15) is 0 Å². The number of nitrogens with zero attached hydrogens (tertiary/aromatic N) is 1. The molecule has 0 aliphatic heterocycles. The van der Waals surface area contributed by atoms with Gasteiger partial charge in [0.2, 0.25) is 11.8 Å². The number of hydrogen-bond donors (Lipinski definition) is 1. The van der Waals surface area contributed by atoms with Crippen LogP contribution in [0.1, 0.15) is 16.8 Å². The summed E-state index contributed by atoms with van der Waals surface area (Å²) >= 11 is 0. The van der Waals surface area contributed by atoms with Crippen molar-refractivity contribution in [3.63, 3.8) is 0 Å². The Kier molecular flexibility index (Phi) is 3.85. The minimum atomic E-state index is -0.138. The van der Waals surface area contributed by atoms with E-state index in [9.17, 15) is 4.79 Å². The van der Waals surface area contributed by atoms with Crippen molar-refractivity contribution >= 4 is 11.8 Å². The van der Waals surface area contributed by atoms with E-state index in [0.717, 1.165) is 22.6 Å². The summed E-state index contributed by atoms with van der Waals surface area (Å²) < 4.78 is 10.1. The number of aromatic nitrogens is 1. The maximum absolute atomic E-state index is 11.8. The molecule has 2 aromatic rings. The molecule has 5 nitrogen and oxygen atoms in total. The molecule has 5 heteroatoms. The van der Waals surface area contributed by atoms with Crippen LogP contribution in [0.15, 0.2) is 28.8 Å². The molecule has 0 spiro atoms. The standard InChI is InChI=1S/C14H16N2O3/c1-9-6-11(4-5-12(9)18-3)8-13(17)15-14-7-10(2)16-19-14/h4-7H,8H2,1-3H3,(H,15,17). The van der Waals surface area contributed by atoms with E-state index < -0.39 is 0 Å². The van der Waals surface area contributed by atoms with Gasteiger partial charge < -0.3 is 9.26 Å². The molecule has 1 aromatic heterocycles. The van der Waals surface area contributed by atoms with Crippen molar-refractivity contribution < 1.29 is 14.1 Å². The van der Waals surface area contributed by atoms with Crippen molar-refractivity contribution in [3.8, 4) is 5.75 Å². The maximum atomic E-state index is 11.8. The third kappa shape index (κ3) is 3.34. The van der Waals surface area contributed by atoms with Crippen LogP contribution in [0.3, 0.4) is 0 Å². The molecule has 1 aromatic carbocycles. The van der Waals surface area contributed by atoms with Crippen molar-refractivity contribution in [2.24, 2.45) is 0 Å². The highest BCUT2D eigenvalue weighted by molar-refractivity contribution is 5.91. The fourth-order valence-electron chi connectivity index (χ4n) is 1.84. The fraction of sp³-hybridized carbons (Fsp3) is 0.286. The Bertz CT molecular complexity index is 590. The average Bonchev–Trinajstić information content (AvgIpc) is 2.74. The summed E-state index contributed by atoms with van der Waals surface area (Å²) in [5, 5.41) is 6.37. The molecule has 0 saturated carbocycles. The molecule has 0 saturated heterocycles. The third-order valence-electron chi connectivity index (χ3n) is 2.71. The highest BCUT2D eigenvalue weighted by atomic mass is 16.5. The number of anilines is 1. The van der Waals surface area contributed by atoms with E-state index in [1.165, 1.54) is 0 Å². The molecule has 1 heterocycles. The minimum Gasteiger partial charge on any atom is -0.496 e. The lowest BCUT2D eigenvalue weighted by atomic mass is 10.1. The third-order valence-corrected chi connectivity index (χ3v) is 2.71. The molecule has 1 amide bonds. The first kappa shape index (κ1) is 13.1. The Morgan fingerprint density at radius 3 is 2.74 bits per heavy atom. The van der Waals surface area contributed by atoms with Gasteiger partial charge in [0.05, 0.1) is 19.2 Å². The number of carbonyl (C=O) groups excluding carboxylic acids is 1. The maximum Gasteiger partial charge on any atom is 0.231 e. The van der Waals surface area contributed by atoms with Gasteiger partial charge in [-0.25, -0.2) is 0 Å². The van der Waals surface area contributed by atoms with E-state index in [-0.39, 0.29) is 12.3 Å². The monoisotopic (exact) mass is 260 g/mol. The highest BCUT2D eigenvalue weighted by Gasteiger charge is 2.08. The second kappa shape index (κ2) is 5.56. The van der Waals surface area contributed by atoms with Crippen LogP contribution in [-0.4, -0.2) is 18.2 Å². The van der Waals surface area contributed by atoms with Crippen LogP contribution in [0.25, 0.3) is 0 Å². The Morgan fingerprint density at radius 1 is 1.37 bits per heavy atom. The van der Waals surface area contributed by atoms with E-state index in [2.05, 4.69) is 10.5 Å². The van der Waals surface area contributed by atoms with Gasteiger partial charge in [-0.15, -0.1) is 0 Å².